The first-order valence-electron chi connectivity index (χ1n) is 6.12. The summed E-state index contributed by atoms with van der Waals surface area (Å²) in [7, 11) is 1.63. The topological polar surface area (TPSA) is 56.2 Å². The molecule has 1 amide bonds. The highest BCUT2D eigenvalue weighted by Gasteiger charge is 2.38. The summed E-state index contributed by atoms with van der Waals surface area (Å²) in [5, 5.41) is 12.2. The van der Waals surface area contributed by atoms with E-state index in [2.05, 4.69) is 23.5 Å². The summed E-state index contributed by atoms with van der Waals surface area (Å²) in [4.78, 5) is 14.4. The highest BCUT2D eigenvalue weighted by molar-refractivity contribution is 7.19. The van der Waals surface area contributed by atoms with Gasteiger partial charge >= 0.3 is 0 Å². The van der Waals surface area contributed by atoms with Crippen LogP contribution >= 0.6 is 11.3 Å². The maximum Gasteiger partial charge on any atom is 0.231 e. The van der Waals surface area contributed by atoms with Crippen molar-refractivity contribution in [3.63, 3.8) is 0 Å². The molecule has 0 bridgehead atoms. The molecule has 1 aromatic heterocycles. The zero-order valence-corrected chi connectivity index (χ0v) is 11.7. The van der Waals surface area contributed by atoms with Crippen LogP contribution in [0.25, 0.3) is 10.1 Å². The number of carbonyl (C=O) groups excluding carboxylic acids is 1. The predicted molar refractivity (Wildman–Crippen MR) is 77.4 cm³/mol. The number of fused-ring (bicyclic) bond motifs is 1. The minimum absolute atomic E-state index is 0.0243. The lowest BCUT2D eigenvalue weighted by molar-refractivity contribution is -0.129. The van der Waals surface area contributed by atoms with Crippen molar-refractivity contribution >= 4 is 33.3 Å². The summed E-state index contributed by atoms with van der Waals surface area (Å²) < 4.78 is 1.21. The molecule has 1 saturated heterocycles. The number of thiophene rings is 1. The molecule has 2 N–H and O–H groups in total. The SMILES string of the molecule is CN1C(=N)N[C@](C)(c2cc3ccccc3s2)CC1=O. The smallest absolute Gasteiger partial charge is 0.231 e. The molecule has 2 aromatic rings. The van der Waals surface area contributed by atoms with Gasteiger partial charge in [-0.15, -0.1) is 11.3 Å². The Labute approximate surface area is 115 Å². The van der Waals surface area contributed by atoms with Crippen LogP contribution in [-0.2, 0) is 10.3 Å². The van der Waals surface area contributed by atoms with Crippen LogP contribution in [-0.4, -0.2) is 23.8 Å². The minimum atomic E-state index is -0.482. The van der Waals surface area contributed by atoms with E-state index in [4.69, 9.17) is 5.41 Å². The first-order valence-corrected chi connectivity index (χ1v) is 6.94. The Kier molecular flexibility index (Phi) is 2.60. The number of guanidine groups is 1. The summed E-state index contributed by atoms with van der Waals surface area (Å²) in [6.07, 6.45) is 0.374. The Balaban J connectivity index is 2.04. The van der Waals surface area contributed by atoms with E-state index in [1.807, 2.05) is 19.1 Å². The van der Waals surface area contributed by atoms with Crippen LogP contribution in [0.3, 0.4) is 0 Å². The third-order valence-corrected chi connectivity index (χ3v) is 4.96. The number of carbonyl (C=O) groups is 1. The van der Waals surface area contributed by atoms with Crippen molar-refractivity contribution in [2.45, 2.75) is 18.9 Å². The molecule has 0 radical (unpaired) electrons. The summed E-state index contributed by atoms with van der Waals surface area (Å²) >= 11 is 1.68. The molecule has 0 spiro atoms. The predicted octanol–water partition coefficient (Wildman–Crippen LogP) is 2.50. The fraction of sp³-hybridized carbons (Fsp3) is 0.286. The molecule has 1 aliphatic rings. The molecular formula is C14H15N3OS. The van der Waals surface area contributed by atoms with E-state index in [1.54, 1.807) is 18.4 Å². The second-order valence-corrected chi connectivity index (χ2v) is 6.17. The van der Waals surface area contributed by atoms with Gasteiger partial charge in [0, 0.05) is 16.6 Å². The van der Waals surface area contributed by atoms with Crippen LogP contribution in [0.15, 0.2) is 30.3 Å². The van der Waals surface area contributed by atoms with Gasteiger partial charge in [-0.25, -0.2) is 0 Å². The van der Waals surface area contributed by atoms with Crippen LogP contribution in [0.4, 0.5) is 0 Å². The summed E-state index contributed by atoms with van der Waals surface area (Å²) in [5.41, 5.74) is -0.482. The standard InChI is InChI=1S/C14H15N3OS/c1-14(8-12(18)17(2)13(15)16-14)11-7-9-5-3-4-6-10(9)19-11/h3-7H,8H2,1-2H3,(H2,15,16)/t14-/m0/s1. The van der Waals surface area contributed by atoms with Crippen molar-refractivity contribution < 1.29 is 4.79 Å². The lowest BCUT2D eigenvalue weighted by Gasteiger charge is -2.38. The highest BCUT2D eigenvalue weighted by Crippen LogP contribution is 2.36. The van der Waals surface area contributed by atoms with Crippen molar-refractivity contribution in [1.29, 1.82) is 5.41 Å². The number of hydrogen-bond donors (Lipinski definition) is 2. The molecule has 19 heavy (non-hydrogen) atoms. The summed E-state index contributed by atoms with van der Waals surface area (Å²) in [6.45, 7) is 1.98. The van der Waals surface area contributed by atoms with Crippen LogP contribution in [0, 0.1) is 5.41 Å². The van der Waals surface area contributed by atoms with E-state index in [1.165, 1.54) is 15.0 Å². The molecule has 3 rings (SSSR count). The van der Waals surface area contributed by atoms with Crippen molar-refractivity contribution in [3.8, 4) is 0 Å². The van der Waals surface area contributed by atoms with Crippen molar-refractivity contribution in [2.24, 2.45) is 0 Å². The number of hydrogen-bond acceptors (Lipinski definition) is 3. The third-order valence-electron chi connectivity index (χ3n) is 3.58. The first kappa shape index (κ1) is 12.2. The van der Waals surface area contributed by atoms with Gasteiger partial charge in [0.05, 0.1) is 12.0 Å². The van der Waals surface area contributed by atoms with Crippen molar-refractivity contribution in [1.82, 2.24) is 10.2 Å². The molecule has 0 aliphatic carbocycles. The van der Waals surface area contributed by atoms with Crippen LogP contribution < -0.4 is 5.32 Å². The molecule has 98 valence electrons. The average molecular weight is 273 g/mol. The number of nitrogens with zero attached hydrogens (tertiary/aromatic N) is 1. The van der Waals surface area contributed by atoms with Gasteiger partial charge < -0.3 is 5.32 Å². The van der Waals surface area contributed by atoms with Crippen LogP contribution in [0.1, 0.15) is 18.2 Å². The fourth-order valence-electron chi connectivity index (χ4n) is 2.34. The van der Waals surface area contributed by atoms with Gasteiger partial charge in [-0.05, 0) is 24.4 Å². The van der Waals surface area contributed by atoms with Gasteiger partial charge in [0.1, 0.15) is 0 Å². The zero-order chi connectivity index (χ0) is 13.6. The molecule has 0 unspecified atom stereocenters. The zero-order valence-electron chi connectivity index (χ0n) is 10.9. The Morgan fingerprint density at radius 2 is 2.16 bits per heavy atom. The largest absolute Gasteiger partial charge is 0.345 e. The summed E-state index contributed by atoms with van der Waals surface area (Å²) in [6, 6.07) is 10.3. The minimum Gasteiger partial charge on any atom is -0.345 e. The molecule has 5 heteroatoms. The molecular weight excluding hydrogens is 258 g/mol. The molecule has 1 aromatic carbocycles. The Morgan fingerprint density at radius 1 is 1.42 bits per heavy atom. The lowest BCUT2D eigenvalue weighted by atomic mass is 9.93. The monoisotopic (exact) mass is 273 g/mol. The highest BCUT2D eigenvalue weighted by atomic mass is 32.1. The first-order chi connectivity index (χ1) is 8.99. The quantitative estimate of drug-likeness (QED) is 0.838. The van der Waals surface area contributed by atoms with E-state index in [0.717, 1.165) is 4.88 Å². The molecule has 1 fully saturated rings. The number of benzene rings is 1. The van der Waals surface area contributed by atoms with Gasteiger partial charge in [-0.3, -0.25) is 15.1 Å². The normalized spacial score (nSPS) is 23.8. The van der Waals surface area contributed by atoms with Crippen molar-refractivity contribution in [3.05, 3.63) is 35.2 Å². The second-order valence-electron chi connectivity index (χ2n) is 5.08. The Hall–Kier alpha value is -1.88. The molecule has 1 atom stereocenters. The summed E-state index contributed by atoms with van der Waals surface area (Å²) in [5.74, 6) is 0.139. The Bertz CT molecular complexity index is 625. The maximum atomic E-state index is 12.0. The molecule has 1 aliphatic heterocycles. The number of rotatable bonds is 1. The van der Waals surface area contributed by atoms with Gasteiger partial charge in [0.15, 0.2) is 5.96 Å². The van der Waals surface area contributed by atoms with E-state index in [0.29, 0.717) is 6.42 Å². The van der Waals surface area contributed by atoms with E-state index in [-0.39, 0.29) is 11.9 Å². The van der Waals surface area contributed by atoms with Crippen molar-refractivity contribution in [2.75, 3.05) is 7.05 Å². The molecule has 4 nitrogen and oxygen atoms in total. The van der Waals surface area contributed by atoms with E-state index >= 15 is 0 Å². The fourth-order valence-corrected chi connectivity index (χ4v) is 3.50. The second kappa shape index (κ2) is 4.06. The molecule has 2 heterocycles. The van der Waals surface area contributed by atoms with Crippen LogP contribution in [0.2, 0.25) is 0 Å². The van der Waals surface area contributed by atoms with Crippen LogP contribution in [0.5, 0.6) is 0 Å². The molecule has 0 saturated carbocycles. The van der Waals surface area contributed by atoms with E-state index in [9.17, 15) is 4.79 Å². The maximum absolute atomic E-state index is 12.0. The Morgan fingerprint density at radius 3 is 2.84 bits per heavy atom. The van der Waals surface area contributed by atoms with Gasteiger partial charge in [0.2, 0.25) is 5.91 Å². The van der Waals surface area contributed by atoms with E-state index < -0.39 is 5.54 Å². The average Bonchev–Trinajstić information content (AvgIpc) is 2.80. The van der Waals surface area contributed by atoms with Gasteiger partial charge in [-0.2, -0.15) is 0 Å². The number of amides is 1. The third kappa shape index (κ3) is 1.90. The van der Waals surface area contributed by atoms with Gasteiger partial charge in [-0.1, -0.05) is 18.2 Å². The number of nitrogens with one attached hydrogen (secondary N) is 2. The van der Waals surface area contributed by atoms with Gasteiger partial charge in [0.25, 0.3) is 0 Å². The lowest BCUT2D eigenvalue weighted by Crippen LogP contribution is -2.57.